The molecule has 1 aliphatic rings. The van der Waals surface area contributed by atoms with Crippen LogP contribution in [-0.4, -0.2) is 44.7 Å². The van der Waals surface area contributed by atoms with E-state index in [0.717, 1.165) is 5.56 Å². The normalized spacial score (nSPS) is 16.0. The standard InChI is InChI=1S/C19H22F2N2O2S/c20-17-9-4-10-18(21)19(17)22-11-13-23(14-12-22)26(24,25)15-5-8-16-6-2-1-3-7-16/h1-4,6-7,9-10H,5,8,11-15H2. The molecule has 0 N–H and O–H groups in total. The molecule has 7 heteroatoms. The van der Waals surface area contributed by atoms with Crippen LogP contribution in [0.25, 0.3) is 0 Å². The summed E-state index contributed by atoms with van der Waals surface area (Å²) >= 11 is 0. The molecule has 3 rings (SSSR count). The van der Waals surface area contributed by atoms with Crippen LogP contribution in [0.5, 0.6) is 0 Å². The van der Waals surface area contributed by atoms with Gasteiger partial charge in [-0.15, -0.1) is 0 Å². The van der Waals surface area contributed by atoms with Gasteiger partial charge in [-0.1, -0.05) is 36.4 Å². The fraction of sp³-hybridized carbons (Fsp3) is 0.368. The molecule has 1 heterocycles. The second kappa shape index (κ2) is 8.14. The van der Waals surface area contributed by atoms with E-state index in [1.807, 2.05) is 30.3 Å². The molecule has 0 aromatic heterocycles. The number of halogens is 2. The summed E-state index contributed by atoms with van der Waals surface area (Å²) in [6.45, 7) is 1.02. The number of hydrogen-bond donors (Lipinski definition) is 0. The third-order valence-electron chi connectivity index (χ3n) is 4.60. The van der Waals surface area contributed by atoms with E-state index < -0.39 is 21.7 Å². The van der Waals surface area contributed by atoms with Gasteiger partial charge in [-0.3, -0.25) is 0 Å². The molecule has 2 aromatic carbocycles. The van der Waals surface area contributed by atoms with E-state index in [1.54, 1.807) is 4.90 Å². The Morgan fingerprint density at radius 3 is 2.08 bits per heavy atom. The van der Waals surface area contributed by atoms with Crippen LogP contribution >= 0.6 is 0 Å². The number of hydrogen-bond acceptors (Lipinski definition) is 3. The van der Waals surface area contributed by atoms with Crippen molar-refractivity contribution in [2.45, 2.75) is 12.8 Å². The SMILES string of the molecule is O=S(=O)(CCCc1ccccc1)N1CCN(c2c(F)cccc2F)CC1. The zero-order valence-corrected chi connectivity index (χ0v) is 15.3. The lowest BCUT2D eigenvalue weighted by Gasteiger charge is -2.35. The Morgan fingerprint density at radius 2 is 1.46 bits per heavy atom. The van der Waals surface area contributed by atoms with Crippen LogP contribution in [0.1, 0.15) is 12.0 Å². The molecule has 0 unspecified atom stereocenters. The fourth-order valence-corrected chi connectivity index (χ4v) is 4.70. The number of benzene rings is 2. The largest absolute Gasteiger partial charge is 0.364 e. The molecule has 0 bridgehead atoms. The van der Waals surface area contributed by atoms with Gasteiger partial charge in [-0.25, -0.2) is 17.2 Å². The van der Waals surface area contributed by atoms with E-state index in [0.29, 0.717) is 12.8 Å². The van der Waals surface area contributed by atoms with Crippen LogP contribution in [0.4, 0.5) is 14.5 Å². The van der Waals surface area contributed by atoms with Gasteiger partial charge in [-0.05, 0) is 30.5 Å². The van der Waals surface area contributed by atoms with E-state index in [4.69, 9.17) is 0 Å². The number of nitrogens with zero attached hydrogens (tertiary/aromatic N) is 2. The molecular weight excluding hydrogens is 358 g/mol. The first-order valence-corrected chi connectivity index (χ1v) is 10.3. The fourth-order valence-electron chi connectivity index (χ4n) is 3.21. The Kier molecular flexibility index (Phi) is 5.88. The van der Waals surface area contributed by atoms with Gasteiger partial charge >= 0.3 is 0 Å². The molecule has 140 valence electrons. The van der Waals surface area contributed by atoms with E-state index in [9.17, 15) is 17.2 Å². The van der Waals surface area contributed by atoms with Crippen LogP contribution in [0.15, 0.2) is 48.5 Å². The summed E-state index contributed by atoms with van der Waals surface area (Å²) in [6.07, 6.45) is 1.26. The molecule has 1 saturated heterocycles. The molecule has 0 saturated carbocycles. The molecule has 1 aliphatic heterocycles. The monoisotopic (exact) mass is 380 g/mol. The molecule has 0 spiro atoms. The van der Waals surface area contributed by atoms with Gasteiger partial charge in [0, 0.05) is 26.2 Å². The van der Waals surface area contributed by atoms with Gasteiger partial charge in [0.15, 0.2) is 0 Å². The van der Waals surface area contributed by atoms with Crippen molar-refractivity contribution in [3.63, 3.8) is 0 Å². The summed E-state index contributed by atoms with van der Waals surface area (Å²) in [5.41, 5.74) is 1.04. The average molecular weight is 380 g/mol. The molecule has 4 nitrogen and oxygen atoms in total. The number of para-hydroxylation sites is 1. The van der Waals surface area contributed by atoms with E-state index in [2.05, 4.69) is 0 Å². The van der Waals surface area contributed by atoms with Crippen molar-refractivity contribution in [2.24, 2.45) is 0 Å². The quantitative estimate of drug-likeness (QED) is 0.773. The zero-order valence-electron chi connectivity index (χ0n) is 14.4. The third-order valence-corrected chi connectivity index (χ3v) is 6.55. The van der Waals surface area contributed by atoms with Crippen LogP contribution in [-0.2, 0) is 16.4 Å². The van der Waals surface area contributed by atoms with Crippen LogP contribution in [0, 0.1) is 11.6 Å². The molecule has 26 heavy (non-hydrogen) atoms. The highest BCUT2D eigenvalue weighted by Crippen LogP contribution is 2.25. The molecule has 0 radical (unpaired) electrons. The summed E-state index contributed by atoms with van der Waals surface area (Å²) in [4.78, 5) is 1.57. The maximum absolute atomic E-state index is 13.9. The lowest BCUT2D eigenvalue weighted by atomic mass is 10.1. The number of sulfonamides is 1. The highest BCUT2D eigenvalue weighted by Gasteiger charge is 2.28. The van der Waals surface area contributed by atoms with Crippen molar-refractivity contribution in [3.05, 3.63) is 65.7 Å². The predicted molar refractivity (Wildman–Crippen MR) is 98.7 cm³/mol. The van der Waals surface area contributed by atoms with Crippen molar-refractivity contribution in [3.8, 4) is 0 Å². The lowest BCUT2D eigenvalue weighted by molar-refractivity contribution is 0.380. The summed E-state index contributed by atoms with van der Waals surface area (Å²) in [5, 5.41) is 0. The first kappa shape index (κ1) is 18.8. The zero-order chi connectivity index (χ0) is 18.6. The first-order valence-electron chi connectivity index (χ1n) is 8.68. The summed E-state index contributed by atoms with van der Waals surface area (Å²) < 4.78 is 54.2. The predicted octanol–water partition coefficient (Wildman–Crippen LogP) is 3.05. The Balaban J connectivity index is 1.55. The summed E-state index contributed by atoms with van der Waals surface area (Å²) in [7, 11) is -3.36. The Morgan fingerprint density at radius 1 is 0.846 bits per heavy atom. The second-order valence-electron chi connectivity index (χ2n) is 6.36. The minimum atomic E-state index is -3.36. The number of piperazine rings is 1. The van der Waals surface area contributed by atoms with E-state index in [-0.39, 0.29) is 37.6 Å². The van der Waals surface area contributed by atoms with Crippen LogP contribution < -0.4 is 4.90 Å². The number of anilines is 1. The molecule has 1 fully saturated rings. The Labute approximate surface area is 153 Å². The maximum atomic E-state index is 13.9. The van der Waals surface area contributed by atoms with Gasteiger partial charge in [0.25, 0.3) is 0 Å². The lowest BCUT2D eigenvalue weighted by Crippen LogP contribution is -2.49. The third kappa shape index (κ3) is 4.40. The van der Waals surface area contributed by atoms with Crippen LogP contribution in [0.3, 0.4) is 0 Å². The molecular formula is C19H22F2N2O2S. The highest BCUT2D eigenvalue weighted by molar-refractivity contribution is 7.89. The van der Waals surface area contributed by atoms with Gasteiger partial charge in [-0.2, -0.15) is 4.31 Å². The highest BCUT2D eigenvalue weighted by atomic mass is 32.2. The molecule has 0 amide bonds. The van der Waals surface area contributed by atoms with E-state index in [1.165, 1.54) is 22.5 Å². The summed E-state index contributed by atoms with van der Waals surface area (Å²) in [5.74, 6) is -1.16. The van der Waals surface area contributed by atoms with E-state index >= 15 is 0 Å². The second-order valence-corrected chi connectivity index (χ2v) is 8.45. The molecule has 2 aromatic rings. The summed E-state index contributed by atoms with van der Waals surface area (Å²) in [6, 6.07) is 13.5. The van der Waals surface area contributed by atoms with Gasteiger partial charge < -0.3 is 4.90 Å². The van der Waals surface area contributed by atoms with Crippen molar-refractivity contribution in [2.75, 3.05) is 36.8 Å². The Bertz CT molecular complexity index is 816. The number of rotatable bonds is 6. The smallest absolute Gasteiger partial charge is 0.214 e. The number of aryl methyl sites for hydroxylation is 1. The minimum Gasteiger partial charge on any atom is -0.364 e. The Hall–Kier alpha value is -1.99. The van der Waals surface area contributed by atoms with Crippen molar-refractivity contribution < 1.29 is 17.2 Å². The topological polar surface area (TPSA) is 40.6 Å². The van der Waals surface area contributed by atoms with Gasteiger partial charge in [0.2, 0.25) is 10.0 Å². The average Bonchev–Trinajstić information content (AvgIpc) is 2.63. The van der Waals surface area contributed by atoms with Crippen molar-refractivity contribution >= 4 is 15.7 Å². The molecule has 0 aliphatic carbocycles. The first-order chi connectivity index (χ1) is 12.5. The molecule has 0 atom stereocenters. The van der Waals surface area contributed by atoms with Gasteiger partial charge in [0.1, 0.15) is 17.3 Å². The van der Waals surface area contributed by atoms with Crippen molar-refractivity contribution in [1.29, 1.82) is 0 Å². The van der Waals surface area contributed by atoms with Crippen LogP contribution in [0.2, 0.25) is 0 Å². The minimum absolute atomic E-state index is 0.0753. The maximum Gasteiger partial charge on any atom is 0.214 e. The van der Waals surface area contributed by atoms with Crippen molar-refractivity contribution in [1.82, 2.24) is 4.31 Å². The van der Waals surface area contributed by atoms with Gasteiger partial charge in [0.05, 0.1) is 5.75 Å².